The van der Waals surface area contributed by atoms with Gasteiger partial charge in [0.2, 0.25) is 5.91 Å². The molecule has 1 saturated heterocycles. The summed E-state index contributed by atoms with van der Waals surface area (Å²) < 4.78 is 5.14. The van der Waals surface area contributed by atoms with E-state index in [1.807, 2.05) is 48.5 Å². The molecular weight excluding hydrogens is 330 g/mol. The average molecular weight is 353 g/mol. The quantitative estimate of drug-likeness (QED) is 0.895. The minimum Gasteiger partial charge on any atom is -0.497 e. The summed E-state index contributed by atoms with van der Waals surface area (Å²) in [7, 11) is 3.37. The Morgan fingerprint density at radius 1 is 1.23 bits per heavy atom. The summed E-state index contributed by atoms with van der Waals surface area (Å²) in [6, 6.07) is 14.8. The average Bonchev–Trinajstić information content (AvgIpc) is 3.08. The summed E-state index contributed by atoms with van der Waals surface area (Å²) in [4.78, 5) is 27.7. The van der Waals surface area contributed by atoms with Crippen LogP contribution in [0.4, 0.5) is 16.2 Å². The van der Waals surface area contributed by atoms with E-state index in [1.165, 1.54) is 0 Å². The van der Waals surface area contributed by atoms with Gasteiger partial charge in [0, 0.05) is 37.9 Å². The van der Waals surface area contributed by atoms with Gasteiger partial charge in [-0.05, 0) is 42.3 Å². The zero-order chi connectivity index (χ0) is 18.5. The van der Waals surface area contributed by atoms with E-state index in [9.17, 15) is 9.59 Å². The number of nitrogens with zero attached hydrogens (tertiary/aromatic N) is 2. The van der Waals surface area contributed by atoms with Crippen molar-refractivity contribution < 1.29 is 14.3 Å². The Kier molecular flexibility index (Phi) is 5.41. The fraction of sp³-hybridized carbons (Fsp3) is 0.300. The molecule has 1 fully saturated rings. The molecule has 6 nitrogen and oxygen atoms in total. The van der Waals surface area contributed by atoms with Gasteiger partial charge in [-0.25, -0.2) is 4.79 Å². The number of ether oxygens (including phenoxy) is 1. The standard InChI is InChI=1S/C20H23N3O3/c1-22(14-15-8-10-18(26-2)11-9-15)20(25)21-16-5-3-6-17(13-16)23-12-4-7-19(23)24/h3,5-6,8-11,13H,4,7,12,14H2,1-2H3,(H,21,25). The first kappa shape index (κ1) is 17.8. The number of hydrogen-bond acceptors (Lipinski definition) is 3. The van der Waals surface area contributed by atoms with Gasteiger partial charge in [0.05, 0.1) is 7.11 Å². The van der Waals surface area contributed by atoms with Crippen molar-refractivity contribution >= 4 is 23.3 Å². The highest BCUT2D eigenvalue weighted by atomic mass is 16.5. The number of carbonyl (C=O) groups is 2. The highest BCUT2D eigenvalue weighted by molar-refractivity contribution is 5.96. The van der Waals surface area contributed by atoms with Crippen LogP contribution in [0.25, 0.3) is 0 Å². The van der Waals surface area contributed by atoms with E-state index >= 15 is 0 Å². The van der Waals surface area contributed by atoms with Crippen molar-refractivity contribution in [3.05, 3.63) is 54.1 Å². The molecule has 26 heavy (non-hydrogen) atoms. The van der Waals surface area contributed by atoms with Crippen molar-refractivity contribution in [2.75, 3.05) is 30.9 Å². The van der Waals surface area contributed by atoms with Gasteiger partial charge >= 0.3 is 6.03 Å². The van der Waals surface area contributed by atoms with Gasteiger partial charge in [0.1, 0.15) is 5.75 Å². The molecule has 1 aliphatic rings. The second-order valence-corrected chi connectivity index (χ2v) is 6.33. The minimum atomic E-state index is -0.203. The third-order valence-electron chi connectivity index (χ3n) is 4.41. The summed E-state index contributed by atoms with van der Waals surface area (Å²) in [6.45, 7) is 1.22. The maximum atomic E-state index is 12.4. The van der Waals surface area contributed by atoms with Crippen molar-refractivity contribution in [2.45, 2.75) is 19.4 Å². The molecule has 0 atom stereocenters. The molecule has 0 bridgehead atoms. The van der Waals surface area contributed by atoms with Gasteiger partial charge in [-0.2, -0.15) is 0 Å². The van der Waals surface area contributed by atoms with Crippen LogP contribution >= 0.6 is 0 Å². The normalized spacial score (nSPS) is 13.6. The van der Waals surface area contributed by atoms with E-state index in [2.05, 4.69) is 5.32 Å². The van der Waals surface area contributed by atoms with E-state index < -0.39 is 0 Å². The second-order valence-electron chi connectivity index (χ2n) is 6.33. The lowest BCUT2D eigenvalue weighted by Gasteiger charge is -2.20. The SMILES string of the molecule is COc1ccc(CN(C)C(=O)Nc2cccc(N3CCCC3=O)c2)cc1. The highest BCUT2D eigenvalue weighted by Crippen LogP contribution is 2.24. The van der Waals surface area contributed by atoms with E-state index in [0.29, 0.717) is 18.7 Å². The molecule has 1 aliphatic heterocycles. The van der Waals surface area contributed by atoms with Gasteiger partial charge < -0.3 is 19.9 Å². The molecular formula is C20H23N3O3. The number of methoxy groups -OCH3 is 1. The van der Waals surface area contributed by atoms with E-state index in [-0.39, 0.29) is 11.9 Å². The Morgan fingerprint density at radius 2 is 2.00 bits per heavy atom. The van der Waals surface area contributed by atoms with Crippen LogP contribution in [0.3, 0.4) is 0 Å². The number of amides is 3. The maximum Gasteiger partial charge on any atom is 0.321 e. The summed E-state index contributed by atoms with van der Waals surface area (Å²) >= 11 is 0. The Morgan fingerprint density at radius 3 is 2.65 bits per heavy atom. The monoisotopic (exact) mass is 353 g/mol. The molecule has 0 saturated carbocycles. The van der Waals surface area contributed by atoms with Gasteiger partial charge in [0.25, 0.3) is 0 Å². The lowest BCUT2D eigenvalue weighted by atomic mass is 10.2. The number of anilines is 2. The van der Waals surface area contributed by atoms with Crippen LogP contribution in [0.5, 0.6) is 5.75 Å². The van der Waals surface area contributed by atoms with Crippen LogP contribution in [0.15, 0.2) is 48.5 Å². The molecule has 0 unspecified atom stereocenters. The summed E-state index contributed by atoms with van der Waals surface area (Å²) in [5.74, 6) is 0.916. The molecule has 3 rings (SSSR count). The van der Waals surface area contributed by atoms with Gasteiger partial charge in [0.15, 0.2) is 0 Å². The van der Waals surface area contributed by atoms with Gasteiger partial charge in [-0.3, -0.25) is 4.79 Å². The molecule has 0 radical (unpaired) electrons. The molecule has 2 aromatic carbocycles. The molecule has 0 aliphatic carbocycles. The van der Waals surface area contributed by atoms with Crippen LogP contribution in [-0.4, -0.2) is 37.5 Å². The molecule has 3 amide bonds. The first-order chi connectivity index (χ1) is 12.6. The summed E-state index contributed by atoms with van der Waals surface area (Å²) in [6.07, 6.45) is 1.46. The van der Waals surface area contributed by atoms with Crippen LogP contribution in [0.1, 0.15) is 18.4 Å². The Balaban J connectivity index is 1.62. The lowest BCUT2D eigenvalue weighted by molar-refractivity contribution is -0.117. The van der Waals surface area contributed by atoms with Crippen LogP contribution in [0.2, 0.25) is 0 Å². The fourth-order valence-corrected chi connectivity index (χ4v) is 2.97. The number of rotatable bonds is 5. The zero-order valence-electron chi connectivity index (χ0n) is 15.1. The van der Waals surface area contributed by atoms with E-state index in [4.69, 9.17) is 4.74 Å². The van der Waals surface area contributed by atoms with Crippen molar-refractivity contribution in [1.29, 1.82) is 0 Å². The third kappa shape index (κ3) is 4.14. The second kappa shape index (κ2) is 7.91. The highest BCUT2D eigenvalue weighted by Gasteiger charge is 2.22. The Labute approximate surface area is 153 Å². The van der Waals surface area contributed by atoms with Gasteiger partial charge in [-0.1, -0.05) is 18.2 Å². The molecule has 6 heteroatoms. The predicted octanol–water partition coefficient (Wildman–Crippen LogP) is 3.49. The smallest absolute Gasteiger partial charge is 0.321 e. The first-order valence-electron chi connectivity index (χ1n) is 8.62. The molecule has 0 spiro atoms. The Bertz CT molecular complexity index is 789. The Hall–Kier alpha value is -3.02. The maximum absolute atomic E-state index is 12.4. The van der Waals surface area contributed by atoms with Crippen molar-refractivity contribution in [1.82, 2.24) is 4.90 Å². The number of benzene rings is 2. The molecule has 2 aromatic rings. The topological polar surface area (TPSA) is 61.9 Å². The van der Waals surface area contributed by atoms with Crippen molar-refractivity contribution in [3.63, 3.8) is 0 Å². The zero-order valence-corrected chi connectivity index (χ0v) is 15.1. The van der Waals surface area contributed by atoms with Crippen LogP contribution < -0.4 is 15.0 Å². The minimum absolute atomic E-state index is 0.130. The van der Waals surface area contributed by atoms with Crippen molar-refractivity contribution in [2.24, 2.45) is 0 Å². The number of nitrogens with one attached hydrogen (secondary N) is 1. The van der Waals surface area contributed by atoms with Crippen LogP contribution in [0, 0.1) is 0 Å². The number of carbonyl (C=O) groups excluding carboxylic acids is 2. The van der Waals surface area contributed by atoms with Crippen LogP contribution in [-0.2, 0) is 11.3 Å². The predicted molar refractivity (Wildman–Crippen MR) is 102 cm³/mol. The molecule has 1 N–H and O–H groups in total. The molecule has 136 valence electrons. The third-order valence-corrected chi connectivity index (χ3v) is 4.41. The van der Waals surface area contributed by atoms with Gasteiger partial charge in [-0.15, -0.1) is 0 Å². The number of hydrogen-bond donors (Lipinski definition) is 1. The fourth-order valence-electron chi connectivity index (χ4n) is 2.97. The molecule has 0 aromatic heterocycles. The largest absolute Gasteiger partial charge is 0.497 e. The first-order valence-corrected chi connectivity index (χ1v) is 8.62. The summed E-state index contributed by atoms with van der Waals surface area (Å²) in [5, 5.41) is 2.89. The van der Waals surface area contributed by atoms with Crippen molar-refractivity contribution in [3.8, 4) is 5.75 Å². The van der Waals surface area contributed by atoms with E-state index in [0.717, 1.165) is 30.0 Å². The molecule has 1 heterocycles. The van der Waals surface area contributed by atoms with E-state index in [1.54, 1.807) is 24.0 Å². The number of urea groups is 1. The summed E-state index contributed by atoms with van der Waals surface area (Å²) in [5.41, 5.74) is 2.51. The lowest BCUT2D eigenvalue weighted by Crippen LogP contribution is -2.31.